The molecule has 0 bridgehead atoms. The molecule has 178 valence electrons. The van der Waals surface area contributed by atoms with Crippen LogP contribution in [-0.4, -0.2) is 39.2 Å². The average molecular weight is 475 g/mol. The van der Waals surface area contributed by atoms with E-state index in [2.05, 4.69) is 10.1 Å². The Kier molecular flexibility index (Phi) is 6.03. The Labute approximate surface area is 201 Å². The second-order valence-corrected chi connectivity index (χ2v) is 8.59. The summed E-state index contributed by atoms with van der Waals surface area (Å²) in [7, 11) is 1.62. The third-order valence-electron chi connectivity index (χ3n) is 6.25. The minimum absolute atomic E-state index is 0.0286. The van der Waals surface area contributed by atoms with Gasteiger partial charge in [0.1, 0.15) is 23.9 Å². The van der Waals surface area contributed by atoms with Crippen LogP contribution in [0.4, 0.5) is 8.78 Å². The van der Waals surface area contributed by atoms with E-state index in [1.54, 1.807) is 43.2 Å². The third-order valence-corrected chi connectivity index (χ3v) is 6.25. The zero-order valence-corrected chi connectivity index (χ0v) is 19.5. The first-order valence-electron chi connectivity index (χ1n) is 11.3. The van der Waals surface area contributed by atoms with Crippen molar-refractivity contribution < 1.29 is 18.3 Å². The van der Waals surface area contributed by atoms with Gasteiger partial charge in [-0.25, -0.2) is 18.4 Å². The van der Waals surface area contributed by atoms with Gasteiger partial charge in [0.15, 0.2) is 11.6 Å². The summed E-state index contributed by atoms with van der Waals surface area (Å²) in [5, 5.41) is 4.58. The van der Waals surface area contributed by atoms with Crippen LogP contribution < -0.4 is 4.74 Å². The zero-order chi connectivity index (χ0) is 24.5. The van der Waals surface area contributed by atoms with Gasteiger partial charge in [0.2, 0.25) is 5.91 Å². The summed E-state index contributed by atoms with van der Waals surface area (Å²) in [5.41, 5.74) is 4.00. The summed E-state index contributed by atoms with van der Waals surface area (Å²) >= 11 is 0. The summed E-state index contributed by atoms with van der Waals surface area (Å²) in [6.07, 6.45) is 0.757. The van der Waals surface area contributed by atoms with Crippen LogP contribution >= 0.6 is 0 Å². The molecule has 8 heteroatoms. The number of aryl methyl sites for hydroxylation is 1. The van der Waals surface area contributed by atoms with Crippen LogP contribution in [0, 0.1) is 18.6 Å². The van der Waals surface area contributed by atoms with Crippen molar-refractivity contribution in [1.82, 2.24) is 19.7 Å². The Hall–Kier alpha value is -4.07. The topological polar surface area (TPSA) is 60.2 Å². The van der Waals surface area contributed by atoms with Crippen LogP contribution in [0.15, 0.2) is 60.7 Å². The molecule has 2 heterocycles. The van der Waals surface area contributed by atoms with Gasteiger partial charge in [-0.1, -0.05) is 6.07 Å². The number of hydrogen-bond donors (Lipinski definition) is 0. The average Bonchev–Trinajstić information content (AvgIpc) is 3.29. The molecule has 0 saturated heterocycles. The summed E-state index contributed by atoms with van der Waals surface area (Å²) in [6, 6.07) is 16.5. The van der Waals surface area contributed by atoms with Gasteiger partial charge in [0, 0.05) is 24.2 Å². The van der Waals surface area contributed by atoms with Gasteiger partial charge in [0.05, 0.1) is 7.11 Å². The van der Waals surface area contributed by atoms with Crippen LogP contribution in [0.3, 0.4) is 0 Å². The van der Waals surface area contributed by atoms with E-state index in [9.17, 15) is 13.6 Å². The molecular weight excluding hydrogens is 450 g/mol. The summed E-state index contributed by atoms with van der Waals surface area (Å²) in [6.45, 7) is 2.72. The summed E-state index contributed by atoms with van der Waals surface area (Å²) < 4.78 is 34.2. The molecule has 6 nitrogen and oxygen atoms in total. The fraction of sp³-hybridized carbons (Fsp3) is 0.222. The van der Waals surface area contributed by atoms with E-state index in [0.29, 0.717) is 41.4 Å². The zero-order valence-electron chi connectivity index (χ0n) is 19.5. The molecule has 0 radical (unpaired) electrons. The normalized spacial score (nSPS) is 13.0. The molecule has 1 aliphatic rings. The van der Waals surface area contributed by atoms with Gasteiger partial charge in [-0.2, -0.15) is 0 Å². The number of methoxy groups -OCH3 is 1. The van der Waals surface area contributed by atoms with E-state index in [1.807, 2.05) is 18.2 Å². The number of aromatic nitrogens is 3. The van der Waals surface area contributed by atoms with Crippen molar-refractivity contribution in [2.45, 2.75) is 26.4 Å². The maximum atomic E-state index is 13.8. The number of halogens is 2. The number of carbonyl (C=O) groups excluding carboxylic acids is 1. The lowest BCUT2D eigenvalue weighted by Gasteiger charge is -2.29. The van der Waals surface area contributed by atoms with Gasteiger partial charge in [-0.3, -0.25) is 4.79 Å². The molecule has 1 aliphatic heterocycles. The molecule has 0 fully saturated rings. The SMILES string of the molecule is COc1ccc2c(c1)CN(C(=O)Cn1nc(-c3ccc(F)c(C)c3)nc1-c1ccc(F)cc1)CC2. The Bertz CT molecular complexity index is 1400. The molecule has 0 spiro atoms. The Morgan fingerprint density at radius 1 is 1.00 bits per heavy atom. The van der Waals surface area contributed by atoms with Gasteiger partial charge >= 0.3 is 0 Å². The highest BCUT2D eigenvalue weighted by Crippen LogP contribution is 2.26. The molecule has 0 unspecified atom stereocenters. The van der Waals surface area contributed by atoms with E-state index < -0.39 is 0 Å². The Morgan fingerprint density at radius 2 is 1.77 bits per heavy atom. The molecular formula is C27H24F2N4O2. The number of amides is 1. The fourth-order valence-electron chi connectivity index (χ4n) is 4.27. The quantitative estimate of drug-likeness (QED) is 0.417. The van der Waals surface area contributed by atoms with Crippen molar-refractivity contribution >= 4 is 5.91 Å². The highest BCUT2D eigenvalue weighted by molar-refractivity contribution is 5.77. The molecule has 4 aromatic rings. The van der Waals surface area contributed by atoms with Gasteiger partial charge in [0.25, 0.3) is 0 Å². The van der Waals surface area contributed by atoms with Crippen molar-refractivity contribution in [3.63, 3.8) is 0 Å². The molecule has 1 amide bonds. The van der Waals surface area contributed by atoms with Gasteiger partial charge in [-0.15, -0.1) is 5.10 Å². The predicted octanol–water partition coefficient (Wildman–Crippen LogP) is 4.79. The molecule has 5 rings (SSSR count). The molecule has 0 saturated carbocycles. The van der Waals surface area contributed by atoms with Crippen LogP contribution in [-0.2, 0) is 24.3 Å². The number of benzene rings is 3. The maximum Gasteiger partial charge on any atom is 0.244 e. The van der Waals surface area contributed by atoms with E-state index >= 15 is 0 Å². The van der Waals surface area contributed by atoms with Gasteiger partial charge in [-0.05, 0) is 84.6 Å². The van der Waals surface area contributed by atoms with E-state index in [-0.39, 0.29) is 24.1 Å². The van der Waals surface area contributed by atoms with Gasteiger partial charge < -0.3 is 9.64 Å². The highest BCUT2D eigenvalue weighted by atomic mass is 19.1. The van der Waals surface area contributed by atoms with E-state index in [1.165, 1.54) is 28.4 Å². The Balaban J connectivity index is 1.46. The molecule has 1 aromatic heterocycles. The monoisotopic (exact) mass is 474 g/mol. The number of rotatable bonds is 5. The first kappa shape index (κ1) is 22.7. The lowest BCUT2D eigenvalue weighted by molar-refractivity contribution is -0.132. The second-order valence-electron chi connectivity index (χ2n) is 8.59. The van der Waals surface area contributed by atoms with E-state index in [4.69, 9.17) is 4.74 Å². The molecule has 3 aromatic carbocycles. The highest BCUT2D eigenvalue weighted by Gasteiger charge is 2.24. The van der Waals surface area contributed by atoms with Crippen LogP contribution in [0.5, 0.6) is 5.75 Å². The number of fused-ring (bicyclic) bond motifs is 1. The van der Waals surface area contributed by atoms with Crippen LogP contribution in [0.2, 0.25) is 0 Å². The van der Waals surface area contributed by atoms with Crippen molar-refractivity contribution in [2.75, 3.05) is 13.7 Å². The van der Waals surface area contributed by atoms with Crippen molar-refractivity contribution in [2.24, 2.45) is 0 Å². The Morgan fingerprint density at radius 3 is 2.51 bits per heavy atom. The first-order valence-corrected chi connectivity index (χ1v) is 11.3. The summed E-state index contributed by atoms with van der Waals surface area (Å²) in [4.78, 5) is 19.7. The molecule has 0 N–H and O–H groups in total. The largest absolute Gasteiger partial charge is 0.497 e. The lowest BCUT2D eigenvalue weighted by atomic mass is 9.99. The fourth-order valence-corrected chi connectivity index (χ4v) is 4.27. The second kappa shape index (κ2) is 9.29. The maximum absolute atomic E-state index is 13.8. The standard InChI is InChI=1S/C27H24F2N4O2/c1-17-13-20(6-10-24(17)29)26-30-27(19-3-7-22(28)8-4-19)33(31-26)16-25(34)32-12-11-18-5-9-23(35-2)14-21(18)15-32/h3-10,13-14H,11-12,15-16H2,1-2H3. The van der Waals surface area contributed by atoms with Crippen molar-refractivity contribution in [1.29, 1.82) is 0 Å². The minimum Gasteiger partial charge on any atom is -0.497 e. The van der Waals surface area contributed by atoms with Crippen molar-refractivity contribution in [3.8, 4) is 28.5 Å². The lowest BCUT2D eigenvalue weighted by Crippen LogP contribution is -2.38. The summed E-state index contributed by atoms with van der Waals surface area (Å²) in [5.74, 6) is 0.779. The molecule has 0 atom stereocenters. The smallest absolute Gasteiger partial charge is 0.244 e. The number of hydrogen-bond acceptors (Lipinski definition) is 4. The first-order chi connectivity index (χ1) is 16.9. The van der Waals surface area contributed by atoms with Crippen LogP contribution in [0.25, 0.3) is 22.8 Å². The number of ether oxygens (including phenoxy) is 1. The predicted molar refractivity (Wildman–Crippen MR) is 128 cm³/mol. The molecule has 35 heavy (non-hydrogen) atoms. The van der Waals surface area contributed by atoms with Crippen LogP contribution in [0.1, 0.15) is 16.7 Å². The number of nitrogens with zero attached hydrogens (tertiary/aromatic N) is 4. The molecule has 0 aliphatic carbocycles. The van der Waals surface area contributed by atoms with Crippen molar-refractivity contribution in [3.05, 3.63) is 89.0 Å². The van der Waals surface area contributed by atoms with E-state index in [0.717, 1.165) is 17.7 Å². The minimum atomic E-state index is -0.368. The third kappa shape index (κ3) is 4.64. The number of carbonyl (C=O) groups is 1.